The number of nitrogens with two attached hydrogens (primary N) is 1. The van der Waals surface area contributed by atoms with Crippen LogP contribution >= 0.6 is 0 Å². The molecule has 2 saturated heterocycles. The van der Waals surface area contributed by atoms with E-state index in [4.69, 9.17) is 10.8 Å². The number of aromatic hydroxyl groups is 1. The van der Waals surface area contributed by atoms with Gasteiger partial charge in [-0.2, -0.15) is 5.10 Å². The van der Waals surface area contributed by atoms with Crippen molar-refractivity contribution >= 4 is 11.8 Å². The number of aromatic nitrogens is 4. The topological polar surface area (TPSA) is 134 Å². The van der Waals surface area contributed by atoms with Crippen LogP contribution in [0.5, 0.6) is 5.75 Å². The number of nitrogen functional groups attached to an aromatic ring is 1. The minimum Gasteiger partial charge on any atom is -0.507 e. The molecule has 4 N–H and O–H groups in total. The van der Waals surface area contributed by atoms with E-state index < -0.39 is 5.97 Å². The van der Waals surface area contributed by atoms with Crippen molar-refractivity contribution < 1.29 is 15.0 Å². The average Bonchev–Trinajstić information content (AvgIpc) is 3.48. The molecular formula is C30H39N7O3. The van der Waals surface area contributed by atoms with Crippen LogP contribution < -0.4 is 5.73 Å². The van der Waals surface area contributed by atoms with Gasteiger partial charge < -0.3 is 25.7 Å². The number of anilines is 1. The lowest BCUT2D eigenvalue weighted by Gasteiger charge is -2.44. The Morgan fingerprint density at radius 1 is 0.825 bits per heavy atom. The normalized spacial score (nSPS) is 23.8. The molecule has 3 aliphatic rings. The zero-order valence-corrected chi connectivity index (χ0v) is 22.9. The number of phenolic OH excluding ortho intramolecular Hbond substituents is 1. The summed E-state index contributed by atoms with van der Waals surface area (Å²) in [6.07, 6.45) is 12.1. The van der Waals surface area contributed by atoms with Crippen LogP contribution in [0.2, 0.25) is 0 Å². The largest absolute Gasteiger partial charge is 0.507 e. The molecule has 0 unspecified atom stereocenters. The predicted molar refractivity (Wildman–Crippen MR) is 153 cm³/mol. The highest BCUT2D eigenvalue weighted by molar-refractivity contribution is 5.78. The Kier molecular flexibility index (Phi) is 7.71. The van der Waals surface area contributed by atoms with E-state index in [9.17, 15) is 15.0 Å². The molecule has 10 heteroatoms. The summed E-state index contributed by atoms with van der Waals surface area (Å²) in [6.45, 7) is 4.40. The molecule has 1 saturated carbocycles. The van der Waals surface area contributed by atoms with Crippen molar-refractivity contribution in [3.63, 3.8) is 0 Å². The van der Waals surface area contributed by atoms with E-state index in [1.54, 1.807) is 12.1 Å². The molecule has 6 rings (SSSR count). The molecule has 2 aromatic heterocycles. The maximum Gasteiger partial charge on any atom is 0.306 e. The second-order valence-corrected chi connectivity index (χ2v) is 11.6. The molecule has 0 spiro atoms. The van der Waals surface area contributed by atoms with Crippen LogP contribution in [0, 0.1) is 5.92 Å². The van der Waals surface area contributed by atoms with Crippen molar-refractivity contribution in [2.45, 2.75) is 69.5 Å². The number of carbonyl (C=O) groups is 1. The number of likely N-dealkylation sites (tertiary alicyclic amines) is 2. The Labute approximate surface area is 234 Å². The van der Waals surface area contributed by atoms with Crippen LogP contribution in [-0.2, 0) is 4.79 Å². The van der Waals surface area contributed by atoms with Crippen LogP contribution in [0.1, 0.15) is 57.4 Å². The van der Waals surface area contributed by atoms with Crippen LogP contribution in [0.25, 0.3) is 22.4 Å². The standard InChI is InChI=1S/C30H39N7O3/c31-29-26(17-27(33-34-29)25-3-1-2-4-28(25)38)21-18-32-37(19-21)24-11-15-36(16-12-24)23-9-13-35(14-10-23)22-7-5-20(6-8-22)30(39)40/h1-4,17-20,22-24,38H,5-16H2,(H2,31,34)(H,39,40)/t20-,22-. The van der Waals surface area contributed by atoms with E-state index in [1.807, 2.05) is 24.4 Å². The molecule has 10 nitrogen and oxygen atoms in total. The lowest BCUT2D eigenvalue weighted by molar-refractivity contribution is -0.143. The fourth-order valence-electron chi connectivity index (χ4n) is 6.95. The minimum atomic E-state index is -0.622. The third-order valence-corrected chi connectivity index (χ3v) is 9.37. The van der Waals surface area contributed by atoms with Crippen molar-refractivity contribution in [2.24, 2.45) is 5.92 Å². The zero-order chi connectivity index (χ0) is 27.6. The summed E-state index contributed by atoms with van der Waals surface area (Å²) < 4.78 is 2.07. The summed E-state index contributed by atoms with van der Waals surface area (Å²) in [4.78, 5) is 16.6. The average molecular weight is 546 g/mol. The lowest BCUT2D eigenvalue weighted by atomic mass is 9.84. The number of benzene rings is 1. The molecule has 4 heterocycles. The van der Waals surface area contributed by atoms with Gasteiger partial charge in [-0.3, -0.25) is 9.48 Å². The summed E-state index contributed by atoms with van der Waals surface area (Å²) in [5, 5.41) is 32.6. The van der Waals surface area contributed by atoms with E-state index in [0.29, 0.717) is 35.2 Å². The maximum absolute atomic E-state index is 11.3. The summed E-state index contributed by atoms with van der Waals surface area (Å²) in [5.41, 5.74) is 9.05. The molecule has 0 atom stereocenters. The monoisotopic (exact) mass is 545 g/mol. The van der Waals surface area contributed by atoms with Crippen molar-refractivity contribution in [1.82, 2.24) is 29.8 Å². The van der Waals surface area contributed by atoms with Gasteiger partial charge in [0.25, 0.3) is 0 Å². The van der Waals surface area contributed by atoms with Crippen molar-refractivity contribution in [2.75, 3.05) is 31.9 Å². The first-order chi connectivity index (χ1) is 19.5. The van der Waals surface area contributed by atoms with Gasteiger partial charge in [-0.25, -0.2) is 0 Å². The maximum atomic E-state index is 11.3. The lowest BCUT2D eigenvalue weighted by Crippen LogP contribution is -2.50. The van der Waals surface area contributed by atoms with Gasteiger partial charge in [0.15, 0.2) is 5.82 Å². The molecule has 3 aromatic rings. The third-order valence-electron chi connectivity index (χ3n) is 9.37. The number of carboxylic acids is 1. The van der Waals surface area contributed by atoms with Gasteiger partial charge >= 0.3 is 5.97 Å². The number of hydrogen-bond donors (Lipinski definition) is 3. The van der Waals surface area contributed by atoms with Gasteiger partial charge in [-0.1, -0.05) is 12.1 Å². The molecule has 0 bridgehead atoms. The van der Waals surface area contributed by atoms with Gasteiger partial charge in [-0.05, 0) is 82.7 Å². The highest BCUT2D eigenvalue weighted by Crippen LogP contribution is 2.34. The number of carboxylic acid groups (broad SMARTS) is 1. The molecule has 0 radical (unpaired) electrons. The van der Waals surface area contributed by atoms with Crippen LogP contribution in [0.4, 0.5) is 5.82 Å². The van der Waals surface area contributed by atoms with Gasteiger partial charge in [-0.15, -0.1) is 10.2 Å². The minimum absolute atomic E-state index is 0.138. The summed E-state index contributed by atoms with van der Waals surface area (Å²) in [6, 6.07) is 10.5. The molecular weight excluding hydrogens is 506 g/mol. The van der Waals surface area contributed by atoms with Gasteiger partial charge in [0, 0.05) is 48.1 Å². The number of nitrogens with zero attached hydrogens (tertiary/aromatic N) is 6. The van der Waals surface area contributed by atoms with Gasteiger partial charge in [0.2, 0.25) is 0 Å². The predicted octanol–water partition coefficient (Wildman–Crippen LogP) is 4.04. The summed E-state index contributed by atoms with van der Waals surface area (Å²) in [7, 11) is 0. The number of para-hydroxylation sites is 1. The zero-order valence-electron chi connectivity index (χ0n) is 22.9. The third kappa shape index (κ3) is 5.55. The second-order valence-electron chi connectivity index (χ2n) is 11.6. The van der Waals surface area contributed by atoms with Crippen LogP contribution in [0.15, 0.2) is 42.7 Å². The van der Waals surface area contributed by atoms with E-state index in [1.165, 1.54) is 12.8 Å². The highest BCUT2D eigenvalue weighted by Gasteiger charge is 2.34. The fraction of sp³-hybridized carbons (Fsp3) is 0.533. The SMILES string of the molecule is Nc1nnc(-c2ccccc2O)cc1-c1cnn(C2CCN(C3CCN([C@H]4CC[C@H](C(=O)O)CC4)CC3)CC2)c1. The quantitative estimate of drug-likeness (QED) is 0.420. The van der Waals surface area contributed by atoms with E-state index in [0.717, 1.165) is 75.8 Å². The number of aliphatic carboxylic acids is 1. The van der Waals surface area contributed by atoms with Crippen LogP contribution in [-0.4, -0.2) is 84.2 Å². The van der Waals surface area contributed by atoms with Crippen molar-refractivity contribution in [3.8, 4) is 28.1 Å². The Hall–Kier alpha value is -3.50. The first kappa shape index (κ1) is 26.7. The Balaban J connectivity index is 1.03. The molecule has 2 aliphatic heterocycles. The van der Waals surface area contributed by atoms with Gasteiger partial charge in [0.1, 0.15) is 5.75 Å². The number of rotatable bonds is 6. The number of piperidine rings is 2. The highest BCUT2D eigenvalue weighted by atomic mass is 16.4. The van der Waals surface area contributed by atoms with E-state index in [-0.39, 0.29) is 11.7 Å². The van der Waals surface area contributed by atoms with Gasteiger partial charge in [0.05, 0.1) is 23.9 Å². The Morgan fingerprint density at radius 2 is 1.45 bits per heavy atom. The first-order valence-electron chi connectivity index (χ1n) is 14.6. The first-order valence-corrected chi connectivity index (χ1v) is 14.6. The fourth-order valence-corrected chi connectivity index (χ4v) is 6.95. The summed E-state index contributed by atoms with van der Waals surface area (Å²) >= 11 is 0. The Morgan fingerprint density at radius 3 is 2.10 bits per heavy atom. The molecule has 212 valence electrons. The molecule has 0 amide bonds. The Bertz CT molecular complexity index is 1320. The number of hydrogen-bond acceptors (Lipinski definition) is 8. The van der Waals surface area contributed by atoms with Crippen molar-refractivity contribution in [1.29, 1.82) is 0 Å². The van der Waals surface area contributed by atoms with Crippen molar-refractivity contribution in [3.05, 3.63) is 42.7 Å². The van der Waals surface area contributed by atoms with E-state index >= 15 is 0 Å². The second kappa shape index (κ2) is 11.5. The molecule has 3 fully saturated rings. The number of phenols is 1. The molecule has 1 aliphatic carbocycles. The van der Waals surface area contributed by atoms with E-state index in [2.05, 4.69) is 30.9 Å². The molecule has 1 aromatic carbocycles. The molecule has 40 heavy (non-hydrogen) atoms. The smallest absolute Gasteiger partial charge is 0.306 e. The summed E-state index contributed by atoms with van der Waals surface area (Å²) in [5.74, 6) is -0.261. The van der Waals surface area contributed by atoms with Crippen LogP contribution in [0.3, 0.4) is 0 Å².